The molecule has 0 aromatic rings. The largest absolute Gasteiger partial charge is 0.394 e. The van der Waals surface area contributed by atoms with Crippen molar-refractivity contribution < 1.29 is 76.5 Å². The van der Waals surface area contributed by atoms with E-state index in [1.807, 2.05) is 0 Å². The molecule has 0 fully saturated rings. The van der Waals surface area contributed by atoms with Crippen LogP contribution in [0.2, 0.25) is 0 Å². The van der Waals surface area contributed by atoms with E-state index < -0.39 is 0 Å². The van der Waals surface area contributed by atoms with E-state index in [4.69, 9.17) is 15.3 Å². The van der Waals surface area contributed by atoms with E-state index in [0.29, 0.717) is 19.8 Å². The summed E-state index contributed by atoms with van der Waals surface area (Å²) in [6.45, 7) is 1.70. The quantitative estimate of drug-likeness (QED) is 0.523. The fourth-order valence-electron chi connectivity index (χ4n) is 0.274. The van der Waals surface area contributed by atoms with Gasteiger partial charge in [-0.15, -0.1) is 0 Å². The van der Waals surface area contributed by atoms with Crippen molar-refractivity contribution in [1.29, 1.82) is 0 Å². The summed E-state index contributed by atoms with van der Waals surface area (Å²) in [4.78, 5) is 0. The van der Waals surface area contributed by atoms with Crippen molar-refractivity contribution >= 4 is 0 Å². The molecule has 0 aromatic carbocycles. The summed E-state index contributed by atoms with van der Waals surface area (Å²) in [6, 6.07) is 0. The van der Waals surface area contributed by atoms with E-state index in [-0.39, 0.29) is 66.7 Å². The number of hydrogen-bond acceptors (Lipinski definition) is 6. The molecule has 0 spiro atoms. The van der Waals surface area contributed by atoms with E-state index in [9.17, 15) is 0 Å². The number of aliphatic hydroxyl groups excluding tert-OH is 3. The van der Waals surface area contributed by atoms with Gasteiger partial charge in [-0.1, -0.05) is 0 Å². The standard InChI is InChI=1S/3C3H8O2.Yb/c3*1-5-3-2-4;/h3*4H,2-3H2,1H3;. The average molecular weight is 401 g/mol. The van der Waals surface area contributed by atoms with Gasteiger partial charge in [-0.05, 0) is 0 Å². The van der Waals surface area contributed by atoms with Gasteiger partial charge in [0.15, 0.2) is 0 Å². The molecule has 16 heavy (non-hydrogen) atoms. The second kappa shape index (κ2) is 36.0. The number of hydrogen-bond donors (Lipinski definition) is 3. The molecule has 0 saturated heterocycles. The van der Waals surface area contributed by atoms with Gasteiger partial charge in [-0.25, -0.2) is 0 Å². The number of rotatable bonds is 6. The minimum absolute atomic E-state index is 0. The fraction of sp³-hybridized carbons (Fsp3) is 1.00. The third kappa shape index (κ3) is 58.8. The van der Waals surface area contributed by atoms with Crippen LogP contribution in [0, 0.1) is 46.9 Å². The molecule has 0 unspecified atom stereocenters. The first-order valence-corrected chi connectivity index (χ1v) is 4.54. The monoisotopic (exact) mass is 402 g/mol. The summed E-state index contributed by atoms with van der Waals surface area (Å²) >= 11 is 0. The smallest absolute Gasteiger partial charge is 0.0693 e. The molecule has 0 aliphatic rings. The summed E-state index contributed by atoms with van der Waals surface area (Å²) < 4.78 is 13.3. The second-order valence-corrected chi connectivity index (χ2v) is 2.15. The van der Waals surface area contributed by atoms with Gasteiger partial charge in [0, 0.05) is 68.3 Å². The molecule has 0 radical (unpaired) electrons. The van der Waals surface area contributed by atoms with E-state index in [1.54, 1.807) is 21.3 Å². The Hall–Kier alpha value is 1.28. The van der Waals surface area contributed by atoms with Gasteiger partial charge in [-0.2, -0.15) is 0 Å². The Kier molecular flexibility index (Phi) is 58.4. The van der Waals surface area contributed by atoms with Gasteiger partial charge in [0.1, 0.15) is 0 Å². The predicted molar refractivity (Wildman–Crippen MR) is 56.9 cm³/mol. The Labute approximate surface area is 136 Å². The van der Waals surface area contributed by atoms with Crippen LogP contribution >= 0.6 is 0 Å². The van der Waals surface area contributed by atoms with E-state index in [2.05, 4.69) is 14.2 Å². The molecule has 7 heteroatoms. The molecule has 0 aliphatic carbocycles. The third-order valence-electron chi connectivity index (χ3n) is 0.886. The average Bonchev–Trinajstić information content (AvgIpc) is 2.23. The van der Waals surface area contributed by atoms with Crippen molar-refractivity contribution in [2.45, 2.75) is 0 Å². The van der Waals surface area contributed by atoms with Crippen molar-refractivity contribution in [2.75, 3.05) is 61.0 Å². The first-order valence-electron chi connectivity index (χ1n) is 4.54. The first kappa shape index (κ1) is 26.0. The fourth-order valence-corrected chi connectivity index (χ4v) is 0.274. The number of methoxy groups -OCH3 is 3. The maximum absolute atomic E-state index is 7.94. The van der Waals surface area contributed by atoms with Crippen LogP contribution in [0.3, 0.4) is 0 Å². The van der Waals surface area contributed by atoms with Crippen LogP contribution < -0.4 is 0 Å². The molecular formula is C9H24O6Yb. The molecule has 110 valence electrons. The van der Waals surface area contributed by atoms with Gasteiger partial charge in [0.25, 0.3) is 0 Å². The van der Waals surface area contributed by atoms with Crippen LogP contribution in [0.25, 0.3) is 0 Å². The molecule has 0 aliphatic heterocycles. The van der Waals surface area contributed by atoms with Gasteiger partial charge >= 0.3 is 0 Å². The normalized spacial score (nSPS) is 7.88. The van der Waals surface area contributed by atoms with Crippen LogP contribution in [-0.4, -0.2) is 76.3 Å². The molecular weight excluding hydrogens is 377 g/mol. The van der Waals surface area contributed by atoms with E-state index in [1.165, 1.54) is 0 Å². The van der Waals surface area contributed by atoms with Crippen molar-refractivity contribution in [2.24, 2.45) is 0 Å². The van der Waals surface area contributed by atoms with Gasteiger partial charge in [-0.3, -0.25) is 0 Å². The SMILES string of the molecule is COCCO.COCCO.COCCO.[Yb]. The molecule has 0 aromatic heterocycles. The van der Waals surface area contributed by atoms with Crippen molar-refractivity contribution in [3.05, 3.63) is 0 Å². The van der Waals surface area contributed by atoms with Crippen LogP contribution in [0.15, 0.2) is 0 Å². The Bertz CT molecular complexity index is 56.8. The van der Waals surface area contributed by atoms with Gasteiger partial charge < -0.3 is 29.5 Å². The second-order valence-electron chi connectivity index (χ2n) is 2.15. The molecule has 0 rings (SSSR count). The van der Waals surface area contributed by atoms with E-state index >= 15 is 0 Å². The molecule has 0 amide bonds. The predicted octanol–water partition coefficient (Wildman–Crippen LogP) is -1.12. The third-order valence-corrected chi connectivity index (χ3v) is 0.886. The van der Waals surface area contributed by atoms with Crippen LogP contribution in [0.4, 0.5) is 0 Å². The van der Waals surface area contributed by atoms with Crippen LogP contribution in [0.1, 0.15) is 0 Å². The minimum atomic E-state index is 0. The van der Waals surface area contributed by atoms with Crippen LogP contribution in [0.5, 0.6) is 0 Å². The zero-order valence-electron chi connectivity index (χ0n) is 10.1. The molecule has 0 atom stereocenters. The molecule has 0 saturated carbocycles. The Morgan fingerprint density at radius 3 is 0.812 bits per heavy atom. The summed E-state index contributed by atoms with van der Waals surface area (Å²) in [5.74, 6) is 0. The number of ether oxygens (including phenoxy) is 3. The summed E-state index contributed by atoms with van der Waals surface area (Å²) in [5.41, 5.74) is 0. The Morgan fingerprint density at radius 2 is 0.812 bits per heavy atom. The van der Waals surface area contributed by atoms with Crippen molar-refractivity contribution in [3.63, 3.8) is 0 Å². The summed E-state index contributed by atoms with van der Waals surface area (Å²) in [7, 11) is 4.66. The molecule has 3 N–H and O–H groups in total. The summed E-state index contributed by atoms with van der Waals surface area (Å²) in [5, 5.41) is 23.8. The summed E-state index contributed by atoms with van der Waals surface area (Å²) in [6.07, 6.45) is 0. The zero-order valence-corrected chi connectivity index (χ0v) is 11.8. The molecule has 0 heterocycles. The maximum atomic E-state index is 7.94. The maximum Gasteiger partial charge on any atom is 0.0693 e. The van der Waals surface area contributed by atoms with Crippen molar-refractivity contribution in [1.82, 2.24) is 0 Å². The van der Waals surface area contributed by atoms with Crippen molar-refractivity contribution in [3.8, 4) is 0 Å². The zero-order chi connectivity index (χ0) is 12.4. The van der Waals surface area contributed by atoms with Crippen LogP contribution in [-0.2, 0) is 14.2 Å². The number of aliphatic hydroxyl groups is 3. The van der Waals surface area contributed by atoms with Gasteiger partial charge in [0.2, 0.25) is 0 Å². The van der Waals surface area contributed by atoms with Gasteiger partial charge in [0.05, 0.1) is 39.6 Å². The topological polar surface area (TPSA) is 88.4 Å². The van der Waals surface area contributed by atoms with E-state index in [0.717, 1.165) is 0 Å². The molecule has 6 nitrogen and oxygen atoms in total. The Morgan fingerprint density at radius 1 is 0.625 bits per heavy atom. The molecule has 0 bridgehead atoms. The Balaban J connectivity index is -0.0000000655. The minimum Gasteiger partial charge on any atom is -0.394 e. The first-order chi connectivity index (χ1) is 7.24.